The van der Waals surface area contributed by atoms with Gasteiger partial charge >= 0.3 is 29.6 Å². The van der Waals surface area contributed by atoms with Crippen LogP contribution >= 0.6 is 0 Å². The summed E-state index contributed by atoms with van der Waals surface area (Å²) in [4.78, 5) is 0. The van der Waals surface area contributed by atoms with Crippen molar-refractivity contribution in [1.82, 2.24) is 0 Å². The van der Waals surface area contributed by atoms with Crippen LogP contribution in [0.1, 0.15) is 115 Å². The van der Waals surface area contributed by atoms with Gasteiger partial charge in [0.2, 0.25) is 0 Å². The molecule has 0 bridgehead atoms. The summed E-state index contributed by atoms with van der Waals surface area (Å²) >= 11 is 0. The van der Waals surface area contributed by atoms with Gasteiger partial charge in [0.15, 0.2) is 0 Å². The van der Waals surface area contributed by atoms with Crippen LogP contribution in [-0.4, -0.2) is 29.6 Å². The van der Waals surface area contributed by atoms with E-state index in [9.17, 15) is 0 Å². The second kappa shape index (κ2) is 18.5. The Kier molecular flexibility index (Phi) is 17.0. The van der Waals surface area contributed by atoms with Crippen molar-refractivity contribution >= 4 is 40.3 Å². The summed E-state index contributed by atoms with van der Waals surface area (Å²) < 4.78 is 0. The molecule has 0 unspecified atom stereocenters. The minimum absolute atomic E-state index is 0. The van der Waals surface area contributed by atoms with E-state index in [0.29, 0.717) is 0 Å². The van der Waals surface area contributed by atoms with Gasteiger partial charge in [-0.2, -0.15) is 0 Å². The van der Waals surface area contributed by atoms with Gasteiger partial charge in [-0.05, 0) is 29.2 Å². The van der Waals surface area contributed by atoms with E-state index in [-0.39, 0.29) is 29.6 Å². The molecule has 2 aromatic carbocycles. The van der Waals surface area contributed by atoms with Crippen molar-refractivity contribution in [3.63, 3.8) is 0 Å². The quantitative estimate of drug-likeness (QED) is 0.182. The van der Waals surface area contributed by atoms with Gasteiger partial charge in [-0.15, -0.1) is 0 Å². The van der Waals surface area contributed by atoms with E-state index in [4.69, 9.17) is 0 Å². The minimum atomic E-state index is 0. The topological polar surface area (TPSA) is 0 Å². The molecule has 0 saturated carbocycles. The van der Waals surface area contributed by atoms with E-state index in [1.54, 1.807) is 0 Å². The predicted octanol–water partition coefficient (Wildman–Crippen LogP) is 9.00. The molecule has 0 aliphatic rings. The number of hydrogen-bond donors (Lipinski definition) is 0. The van der Waals surface area contributed by atoms with Crippen LogP contribution in [0.3, 0.4) is 0 Å². The number of aryl methyl sites for hydroxylation is 1. The van der Waals surface area contributed by atoms with E-state index < -0.39 is 0 Å². The van der Waals surface area contributed by atoms with Gasteiger partial charge < -0.3 is 0 Å². The fraction of sp³-hybridized carbons (Fsp3) is 0.643. The van der Waals surface area contributed by atoms with Crippen molar-refractivity contribution in [2.75, 3.05) is 0 Å². The van der Waals surface area contributed by atoms with E-state index >= 15 is 0 Å². The van der Waals surface area contributed by atoms with E-state index in [0.717, 1.165) is 0 Å². The van der Waals surface area contributed by atoms with E-state index in [2.05, 4.69) is 49.4 Å². The molecule has 0 fully saturated rings. The molecule has 0 saturated heterocycles. The Morgan fingerprint density at radius 3 is 1.48 bits per heavy atom. The molecule has 0 aliphatic carbocycles. The summed E-state index contributed by atoms with van der Waals surface area (Å²) in [6, 6.07) is 15.6. The molecule has 2 aromatic rings. The molecule has 158 valence electrons. The summed E-state index contributed by atoms with van der Waals surface area (Å²) in [5.74, 6) is 0. The van der Waals surface area contributed by atoms with Crippen molar-refractivity contribution < 1.29 is 0 Å². The molecule has 0 aromatic heterocycles. The normalized spacial score (nSPS) is 10.9. The first-order chi connectivity index (χ1) is 13.9. The molecule has 0 heterocycles. The number of hydrogen-bond acceptors (Lipinski definition) is 0. The zero-order chi connectivity index (χ0) is 19.7. The van der Waals surface area contributed by atoms with Gasteiger partial charge in [-0.3, -0.25) is 0 Å². The fourth-order valence-corrected chi connectivity index (χ4v) is 4.37. The van der Waals surface area contributed by atoms with Crippen molar-refractivity contribution in [2.24, 2.45) is 0 Å². The van der Waals surface area contributed by atoms with Gasteiger partial charge in [-0.25, -0.2) is 0 Å². The standard InChI is InChI=1S/C28H44.Na.H/c1-2-3-4-5-6-7-8-9-10-11-12-13-14-15-16-17-21-26-23-20-24-27-22-18-19-25-28(26)27;;/h18-20,22-25H,2-17,21H2,1H3;;. The first kappa shape index (κ1) is 26.7. The Morgan fingerprint density at radius 2 is 0.931 bits per heavy atom. The van der Waals surface area contributed by atoms with Crippen LogP contribution in [0.5, 0.6) is 0 Å². The Morgan fingerprint density at radius 1 is 0.483 bits per heavy atom. The van der Waals surface area contributed by atoms with Crippen LogP contribution in [0.2, 0.25) is 0 Å². The van der Waals surface area contributed by atoms with Crippen LogP contribution < -0.4 is 0 Å². The third-order valence-corrected chi connectivity index (χ3v) is 6.18. The molecular formula is C28H45Na. The molecular weight excluding hydrogens is 359 g/mol. The zero-order valence-electron chi connectivity index (χ0n) is 18.6. The molecule has 0 spiro atoms. The van der Waals surface area contributed by atoms with Crippen molar-refractivity contribution in [1.29, 1.82) is 0 Å². The molecule has 0 radical (unpaired) electrons. The summed E-state index contributed by atoms with van der Waals surface area (Å²) in [6.45, 7) is 2.30. The van der Waals surface area contributed by atoms with Crippen LogP contribution in [-0.2, 0) is 6.42 Å². The second-order valence-electron chi connectivity index (χ2n) is 8.69. The van der Waals surface area contributed by atoms with Crippen molar-refractivity contribution in [2.45, 2.75) is 116 Å². The third-order valence-electron chi connectivity index (χ3n) is 6.18. The van der Waals surface area contributed by atoms with Gasteiger partial charge in [0.25, 0.3) is 0 Å². The SMILES string of the molecule is CCCCCCCCCCCCCCCCCCc1cccc2ccccc12.[NaH]. The molecule has 0 aliphatic heterocycles. The molecule has 29 heavy (non-hydrogen) atoms. The summed E-state index contributed by atoms with van der Waals surface area (Å²) in [6.07, 6.45) is 24.3. The first-order valence-corrected chi connectivity index (χ1v) is 12.4. The van der Waals surface area contributed by atoms with Crippen LogP contribution in [0.15, 0.2) is 42.5 Å². The monoisotopic (exact) mass is 404 g/mol. The summed E-state index contributed by atoms with van der Waals surface area (Å²) in [5, 5.41) is 2.84. The van der Waals surface area contributed by atoms with E-state index in [1.165, 1.54) is 125 Å². The molecule has 0 nitrogen and oxygen atoms in total. The fourth-order valence-electron chi connectivity index (χ4n) is 4.37. The molecule has 2 rings (SSSR count). The van der Waals surface area contributed by atoms with Gasteiger partial charge in [0.1, 0.15) is 0 Å². The third kappa shape index (κ3) is 12.2. The summed E-state index contributed by atoms with van der Waals surface area (Å²) in [7, 11) is 0. The molecule has 0 amide bonds. The predicted molar refractivity (Wildman–Crippen MR) is 134 cm³/mol. The van der Waals surface area contributed by atoms with Gasteiger partial charge in [-0.1, -0.05) is 146 Å². The average Bonchev–Trinajstić information content (AvgIpc) is 2.73. The Labute approximate surface area is 203 Å². The number of benzene rings is 2. The Hall–Kier alpha value is -0.300. The Balaban J connectivity index is 0.00000420. The van der Waals surface area contributed by atoms with Gasteiger partial charge in [0, 0.05) is 0 Å². The van der Waals surface area contributed by atoms with Gasteiger partial charge in [0.05, 0.1) is 0 Å². The zero-order valence-corrected chi connectivity index (χ0v) is 18.6. The van der Waals surface area contributed by atoms with Crippen molar-refractivity contribution in [3.8, 4) is 0 Å². The van der Waals surface area contributed by atoms with Crippen LogP contribution in [0, 0.1) is 0 Å². The maximum absolute atomic E-state index is 2.31. The molecule has 1 heteroatoms. The average molecular weight is 405 g/mol. The van der Waals surface area contributed by atoms with Crippen LogP contribution in [0.25, 0.3) is 10.8 Å². The molecule has 0 atom stereocenters. The van der Waals surface area contributed by atoms with Crippen molar-refractivity contribution in [3.05, 3.63) is 48.0 Å². The molecule has 0 N–H and O–H groups in total. The number of unbranched alkanes of at least 4 members (excludes halogenated alkanes) is 15. The van der Waals surface area contributed by atoms with E-state index in [1.807, 2.05) is 0 Å². The number of rotatable bonds is 17. The first-order valence-electron chi connectivity index (χ1n) is 12.4. The maximum atomic E-state index is 2.31. The summed E-state index contributed by atoms with van der Waals surface area (Å²) in [5.41, 5.74) is 1.53. The number of fused-ring (bicyclic) bond motifs is 1. The van der Waals surface area contributed by atoms with Crippen LogP contribution in [0.4, 0.5) is 0 Å². The Bertz CT molecular complexity index is 613. The second-order valence-corrected chi connectivity index (χ2v) is 8.69.